The van der Waals surface area contributed by atoms with Gasteiger partial charge >= 0.3 is 0 Å². The summed E-state index contributed by atoms with van der Waals surface area (Å²) in [6, 6.07) is 7.65. The predicted octanol–water partition coefficient (Wildman–Crippen LogP) is -0.0509. The molecule has 8 nitrogen and oxygen atoms in total. The highest BCUT2D eigenvalue weighted by Gasteiger charge is 2.45. The van der Waals surface area contributed by atoms with E-state index in [1.165, 1.54) is 7.11 Å². The molecule has 1 aromatic heterocycles. The first-order valence-corrected chi connectivity index (χ1v) is 12.1. The molecular weight excluding hydrogens is 498 g/mol. The quantitative estimate of drug-likeness (QED) is 0.379. The number of aryl methyl sites for hydroxylation is 2. The summed E-state index contributed by atoms with van der Waals surface area (Å²) in [4.78, 5) is 38.4. The standard InChI is InChI=1S/C28H25NO7.ClH/c1-13-25(30)14(2)27(32)19(26(13)31)6-16-8-24(34-3)28(33)20-11-29-5-4-15-7-22-23(36-12-35-22)10-18(15)21(29)9-17(16)20;/h7-11,13-14,19H,4-6,12H2,1-3H3;1H. The number of ketones is 3. The van der Waals surface area contributed by atoms with Crippen molar-refractivity contribution < 1.29 is 50.7 Å². The molecule has 0 saturated heterocycles. The van der Waals surface area contributed by atoms with Gasteiger partial charge in [0.15, 0.2) is 53.1 Å². The third-order valence-corrected chi connectivity index (χ3v) is 7.84. The Morgan fingerprint density at radius 3 is 2.32 bits per heavy atom. The molecule has 6 rings (SSSR count). The van der Waals surface area contributed by atoms with Crippen molar-refractivity contribution >= 4 is 28.1 Å². The second kappa shape index (κ2) is 9.03. The monoisotopic (exact) mass is 523 g/mol. The molecule has 1 aliphatic carbocycles. The van der Waals surface area contributed by atoms with Gasteiger partial charge in [-0.15, -0.1) is 0 Å². The van der Waals surface area contributed by atoms with Gasteiger partial charge in [0.1, 0.15) is 0 Å². The first kappa shape index (κ1) is 25.0. The van der Waals surface area contributed by atoms with E-state index < -0.39 is 17.8 Å². The lowest BCUT2D eigenvalue weighted by atomic mass is 9.71. The van der Waals surface area contributed by atoms with Crippen molar-refractivity contribution in [3.63, 3.8) is 0 Å². The zero-order valence-corrected chi connectivity index (χ0v) is 21.4. The van der Waals surface area contributed by atoms with Crippen LogP contribution >= 0.6 is 0 Å². The van der Waals surface area contributed by atoms with Gasteiger partial charge in [0.25, 0.3) is 0 Å². The lowest BCUT2D eigenvalue weighted by Crippen LogP contribution is -3.00. The number of benzene rings is 2. The van der Waals surface area contributed by atoms with Gasteiger partial charge in [0.2, 0.25) is 12.5 Å². The van der Waals surface area contributed by atoms with Crippen molar-refractivity contribution in [3.8, 4) is 34.3 Å². The molecule has 0 bridgehead atoms. The Balaban J connectivity index is 0.00000280. The number of hydrogen-bond donors (Lipinski definition) is 1. The van der Waals surface area contributed by atoms with Crippen LogP contribution in [0.25, 0.3) is 22.0 Å². The second-order valence-corrected chi connectivity index (χ2v) is 9.79. The van der Waals surface area contributed by atoms with Crippen LogP contribution in [0.3, 0.4) is 0 Å². The van der Waals surface area contributed by atoms with Crippen molar-refractivity contribution in [2.24, 2.45) is 17.8 Å². The number of nitrogens with zero attached hydrogens (tertiary/aromatic N) is 1. The van der Waals surface area contributed by atoms with Crippen molar-refractivity contribution in [2.45, 2.75) is 33.2 Å². The van der Waals surface area contributed by atoms with E-state index in [1.807, 2.05) is 24.4 Å². The minimum absolute atomic E-state index is 0. The first-order chi connectivity index (χ1) is 17.3. The number of phenolic OH excluding ortho intramolecular Hbond substituents is 1. The van der Waals surface area contributed by atoms with Crippen molar-refractivity contribution in [1.82, 2.24) is 0 Å². The van der Waals surface area contributed by atoms with Gasteiger partial charge in [0, 0.05) is 17.9 Å². The number of fused-ring (bicyclic) bond motifs is 5. The molecule has 1 N–H and O–H groups in total. The summed E-state index contributed by atoms with van der Waals surface area (Å²) in [5.41, 5.74) is 3.78. The molecule has 0 spiro atoms. The fraction of sp³-hybridized carbons (Fsp3) is 0.357. The number of phenols is 1. The number of pyridine rings is 1. The second-order valence-electron chi connectivity index (χ2n) is 9.79. The van der Waals surface area contributed by atoms with Crippen LogP contribution in [-0.4, -0.2) is 36.4 Å². The highest BCUT2D eigenvalue weighted by Crippen LogP contribution is 2.43. The van der Waals surface area contributed by atoms with E-state index in [4.69, 9.17) is 14.2 Å². The third-order valence-electron chi connectivity index (χ3n) is 7.84. The fourth-order valence-corrected chi connectivity index (χ4v) is 5.72. The largest absolute Gasteiger partial charge is 1.00 e. The Labute approximate surface area is 219 Å². The molecule has 0 radical (unpaired) electrons. The van der Waals surface area contributed by atoms with Crippen LogP contribution in [-0.2, 0) is 33.8 Å². The Morgan fingerprint density at radius 2 is 1.65 bits per heavy atom. The summed E-state index contributed by atoms with van der Waals surface area (Å²) in [6.45, 7) is 4.05. The zero-order chi connectivity index (χ0) is 25.3. The molecule has 0 amide bonds. The van der Waals surface area contributed by atoms with Gasteiger partial charge in [-0.1, -0.05) is 0 Å². The fourth-order valence-electron chi connectivity index (χ4n) is 5.72. The molecular formula is C28H26ClNO7. The molecule has 9 heteroatoms. The smallest absolute Gasteiger partial charge is 0.231 e. The molecule has 1 fully saturated rings. The maximum atomic E-state index is 13.0. The van der Waals surface area contributed by atoms with E-state index in [0.29, 0.717) is 23.2 Å². The summed E-state index contributed by atoms with van der Waals surface area (Å²) < 4.78 is 18.7. The summed E-state index contributed by atoms with van der Waals surface area (Å²) in [7, 11) is 1.47. The van der Waals surface area contributed by atoms with Crippen LogP contribution in [0.15, 0.2) is 30.5 Å². The number of methoxy groups -OCH3 is 1. The highest BCUT2D eigenvalue weighted by atomic mass is 35.5. The highest BCUT2D eigenvalue weighted by molar-refractivity contribution is 6.23. The number of rotatable bonds is 3. The SMILES string of the molecule is COc1cc(CC2C(=O)C(C)C(=O)C(C)C2=O)c2cc3[n+](cc2c1O)CCc1cc2c(cc1-3)OCO2.[Cl-]. The molecule has 192 valence electrons. The molecule has 1 saturated carbocycles. The molecule has 3 aliphatic rings. The number of Topliss-reactive ketones (excluding diaryl/α,β-unsaturated/α-hetero) is 3. The zero-order valence-electron chi connectivity index (χ0n) is 20.7. The summed E-state index contributed by atoms with van der Waals surface area (Å²) in [6.07, 6.45) is 2.81. The van der Waals surface area contributed by atoms with E-state index in [9.17, 15) is 19.5 Å². The molecule has 37 heavy (non-hydrogen) atoms. The van der Waals surface area contributed by atoms with Gasteiger partial charge in [-0.25, -0.2) is 0 Å². The Morgan fingerprint density at radius 1 is 0.973 bits per heavy atom. The summed E-state index contributed by atoms with van der Waals surface area (Å²) in [5, 5.41) is 12.3. The van der Waals surface area contributed by atoms with Crippen LogP contribution in [0.4, 0.5) is 0 Å². The van der Waals surface area contributed by atoms with E-state index in [0.717, 1.165) is 34.4 Å². The molecule has 2 aliphatic heterocycles. The Bertz CT molecular complexity index is 1470. The average molecular weight is 524 g/mol. The maximum absolute atomic E-state index is 13.0. The van der Waals surface area contributed by atoms with Crippen molar-refractivity contribution in [1.29, 1.82) is 0 Å². The maximum Gasteiger partial charge on any atom is 0.231 e. The van der Waals surface area contributed by atoms with E-state index >= 15 is 0 Å². The third kappa shape index (κ3) is 3.73. The van der Waals surface area contributed by atoms with Crippen molar-refractivity contribution in [2.75, 3.05) is 13.9 Å². The van der Waals surface area contributed by atoms with Crippen molar-refractivity contribution in [3.05, 3.63) is 41.6 Å². The number of carbonyl (C=O) groups excluding carboxylic acids is 3. The van der Waals surface area contributed by atoms with Gasteiger partial charge < -0.3 is 31.7 Å². The Kier molecular flexibility index (Phi) is 6.10. The van der Waals surface area contributed by atoms with Crippen LogP contribution < -0.4 is 31.2 Å². The molecule has 2 unspecified atom stereocenters. The number of halogens is 1. The van der Waals surface area contributed by atoms with Gasteiger partial charge in [-0.2, -0.15) is 4.57 Å². The topological polar surface area (TPSA) is 103 Å². The van der Waals surface area contributed by atoms with Gasteiger partial charge in [-0.05, 0) is 49.6 Å². The first-order valence-electron chi connectivity index (χ1n) is 12.1. The number of hydrogen-bond acceptors (Lipinski definition) is 7. The van der Waals surface area contributed by atoms with Crippen LogP contribution in [0.2, 0.25) is 0 Å². The molecule has 2 atom stereocenters. The van der Waals surface area contributed by atoms with Gasteiger partial charge in [0.05, 0.1) is 35.8 Å². The van der Waals surface area contributed by atoms with E-state index in [1.54, 1.807) is 19.9 Å². The summed E-state index contributed by atoms with van der Waals surface area (Å²) >= 11 is 0. The Hall–Kier alpha value is -3.65. The molecule has 3 heterocycles. The van der Waals surface area contributed by atoms with Crippen LogP contribution in [0.1, 0.15) is 25.0 Å². The lowest BCUT2D eigenvalue weighted by Gasteiger charge is -2.28. The normalized spacial score (nSPS) is 21.9. The molecule has 3 aromatic rings. The predicted molar refractivity (Wildman–Crippen MR) is 128 cm³/mol. The number of aromatic hydroxyl groups is 1. The number of carbonyl (C=O) groups is 3. The van der Waals surface area contributed by atoms with Gasteiger partial charge in [-0.3, -0.25) is 14.4 Å². The van der Waals surface area contributed by atoms with E-state index in [2.05, 4.69) is 4.57 Å². The minimum atomic E-state index is -0.921. The van der Waals surface area contributed by atoms with E-state index in [-0.39, 0.29) is 54.5 Å². The average Bonchev–Trinajstić information content (AvgIpc) is 3.35. The van der Waals surface area contributed by atoms with Crippen LogP contribution in [0.5, 0.6) is 23.0 Å². The minimum Gasteiger partial charge on any atom is -1.00 e. The number of ether oxygens (including phenoxy) is 3. The molecule has 2 aromatic carbocycles. The van der Waals surface area contributed by atoms with Crippen LogP contribution in [0, 0.1) is 17.8 Å². The number of aromatic nitrogens is 1. The lowest BCUT2D eigenvalue weighted by molar-refractivity contribution is -0.686. The summed E-state index contributed by atoms with van der Waals surface area (Å²) in [5.74, 6) is -1.89.